The van der Waals surface area contributed by atoms with Gasteiger partial charge in [-0.25, -0.2) is 0 Å². The van der Waals surface area contributed by atoms with Crippen molar-refractivity contribution >= 4 is 63.0 Å². The number of aryl methyl sites for hydroxylation is 3. The van der Waals surface area contributed by atoms with Gasteiger partial charge < -0.3 is 0 Å². The lowest BCUT2D eigenvalue weighted by molar-refractivity contribution is -0.799. The van der Waals surface area contributed by atoms with Gasteiger partial charge in [-0.1, -0.05) is 66.2 Å². The predicted octanol–water partition coefficient (Wildman–Crippen LogP) is 11.4. The van der Waals surface area contributed by atoms with Gasteiger partial charge in [0.05, 0.1) is 11.1 Å². The molecule has 0 saturated carbocycles. The van der Waals surface area contributed by atoms with Gasteiger partial charge in [-0.15, -0.1) is 22.7 Å². The molecule has 0 saturated heterocycles. The molecule has 5 aromatic carbocycles. The maximum Gasteiger partial charge on any atom is 0.250 e. The lowest BCUT2D eigenvalue weighted by atomic mass is 9.78. The van der Waals surface area contributed by atoms with E-state index in [1.807, 2.05) is 22.7 Å². The van der Waals surface area contributed by atoms with Crippen LogP contribution in [0.3, 0.4) is 0 Å². The number of rotatable bonds is 1. The minimum Gasteiger partial charge on any atom is -0.184 e. The molecule has 6 heterocycles. The van der Waals surface area contributed by atoms with Crippen molar-refractivity contribution in [3.8, 4) is 33.6 Å². The summed E-state index contributed by atoms with van der Waals surface area (Å²) < 4.78 is 10.6. The predicted molar refractivity (Wildman–Crippen MR) is 206 cm³/mol. The molecule has 0 N–H and O–H groups in total. The molecular formula is C45H32N2S2+2. The summed E-state index contributed by atoms with van der Waals surface area (Å²) in [5, 5.41) is 5.48. The summed E-state index contributed by atoms with van der Waals surface area (Å²) in [6.45, 7) is 6.71. The zero-order chi connectivity index (χ0) is 32.5. The molecule has 2 atom stereocenters. The van der Waals surface area contributed by atoms with E-state index in [2.05, 4.69) is 158 Å². The first-order chi connectivity index (χ1) is 24.0. The molecule has 2 unspecified atom stereocenters. The third-order valence-electron chi connectivity index (χ3n) is 11.1. The molecule has 0 aliphatic carbocycles. The van der Waals surface area contributed by atoms with Crippen LogP contribution in [0.2, 0.25) is 0 Å². The van der Waals surface area contributed by atoms with Gasteiger partial charge in [0.2, 0.25) is 23.5 Å². The Bertz CT molecular complexity index is 2890. The molecule has 11 rings (SSSR count). The zero-order valence-electron chi connectivity index (χ0n) is 27.5. The summed E-state index contributed by atoms with van der Waals surface area (Å²) in [5.74, 6) is 0. The summed E-state index contributed by atoms with van der Waals surface area (Å²) in [7, 11) is 0. The van der Waals surface area contributed by atoms with E-state index in [1.165, 1.54) is 102 Å². The summed E-state index contributed by atoms with van der Waals surface area (Å²) in [6.07, 6.45) is 4.77. The Morgan fingerprint density at radius 3 is 2.06 bits per heavy atom. The van der Waals surface area contributed by atoms with Crippen LogP contribution in [-0.2, 0) is 0 Å². The van der Waals surface area contributed by atoms with E-state index in [0.717, 1.165) is 0 Å². The van der Waals surface area contributed by atoms with Gasteiger partial charge in [0, 0.05) is 75.2 Å². The highest BCUT2D eigenvalue weighted by molar-refractivity contribution is 7.30. The van der Waals surface area contributed by atoms with Crippen LogP contribution >= 0.6 is 22.7 Å². The van der Waals surface area contributed by atoms with Crippen LogP contribution in [0, 0.1) is 20.8 Å². The highest BCUT2D eigenvalue weighted by Gasteiger charge is 2.52. The van der Waals surface area contributed by atoms with Gasteiger partial charge in [0.25, 0.3) is 0 Å². The second kappa shape index (κ2) is 9.94. The third-order valence-corrected chi connectivity index (χ3v) is 13.4. The molecule has 0 radical (unpaired) electrons. The normalized spacial score (nSPS) is 16.1. The Balaban J connectivity index is 1.21. The van der Waals surface area contributed by atoms with Crippen LogP contribution < -0.4 is 9.13 Å². The van der Waals surface area contributed by atoms with E-state index in [1.54, 1.807) is 0 Å². The van der Waals surface area contributed by atoms with Crippen LogP contribution in [0.15, 0.2) is 128 Å². The SMILES string of the molecule is Cc1ccc2c(c1)C1C(c3ccccc3-c3cc(-c4cc5sc6ccccc6c5c5sc6ccccc6c45)cc[n+]31)[n+]1cc(C)c(C)cc1-2. The van der Waals surface area contributed by atoms with Crippen molar-refractivity contribution in [2.45, 2.75) is 32.9 Å². The van der Waals surface area contributed by atoms with Gasteiger partial charge in [0.15, 0.2) is 12.4 Å². The molecule has 232 valence electrons. The fourth-order valence-electron chi connectivity index (χ4n) is 8.77. The Hall–Kier alpha value is -5.16. The van der Waals surface area contributed by atoms with Crippen molar-refractivity contribution in [1.82, 2.24) is 0 Å². The van der Waals surface area contributed by atoms with Crippen molar-refractivity contribution in [2.75, 3.05) is 0 Å². The topological polar surface area (TPSA) is 7.76 Å². The number of benzene rings is 5. The van der Waals surface area contributed by atoms with E-state index in [-0.39, 0.29) is 12.1 Å². The maximum atomic E-state index is 2.57. The largest absolute Gasteiger partial charge is 0.250 e. The molecule has 0 fully saturated rings. The molecule has 9 aromatic rings. The lowest BCUT2D eigenvalue weighted by Crippen LogP contribution is -2.60. The Labute approximate surface area is 292 Å². The van der Waals surface area contributed by atoms with E-state index >= 15 is 0 Å². The summed E-state index contributed by atoms with van der Waals surface area (Å²) in [5.41, 5.74) is 14.6. The highest BCUT2D eigenvalue weighted by atomic mass is 32.1. The van der Waals surface area contributed by atoms with E-state index < -0.39 is 0 Å². The average Bonchev–Trinajstić information content (AvgIpc) is 3.70. The molecule has 4 heteroatoms. The van der Waals surface area contributed by atoms with Crippen LogP contribution in [-0.4, -0.2) is 0 Å². The third kappa shape index (κ3) is 3.76. The minimum absolute atomic E-state index is 0.139. The smallest absolute Gasteiger partial charge is 0.184 e. The molecule has 0 amide bonds. The van der Waals surface area contributed by atoms with E-state index in [0.29, 0.717) is 0 Å². The second-order valence-electron chi connectivity index (χ2n) is 13.9. The second-order valence-corrected chi connectivity index (χ2v) is 16.0. The number of thiophene rings is 2. The molecular weight excluding hydrogens is 633 g/mol. The van der Waals surface area contributed by atoms with Crippen LogP contribution in [0.25, 0.3) is 74.0 Å². The van der Waals surface area contributed by atoms with Gasteiger partial charge in [-0.05, 0) is 73.9 Å². The van der Waals surface area contributed by atoms with Crippen molar-refractivity contribution in [3.63, 3.8) is 0 Å². The van der Waals surface area contributed by atoms with Gasteiger partial charge in [0.1, 0.15) is 0 Å². The van der Waals surface area contributed by atoms with E-state index in [9.17, 15) is 0 Å². The standard InChI is InChI=1S/C45H32N2S2/c1-25-16-17-30-35(20-25)44-43(47-24-27(3)26(2)21-36(30)47)31-11-5-4-10-29(31)37-22-28(18-19-46(37)44)34-23-40-42(33-13-7-8-14-38(33)48-40)45-41(34)32-12-6-9-15-39(32)49-45/h4-24,43-44H,1-3H3/q+2. The Kier molecular flexibility index (Phi) is 5.63. The van der Waals surface area contributed by atoms with Crippen molar-refractivity contribution in [2.24, 2.45) is 0 Å². The maximum absolute atomic E-state index is 2.57. The number of fused-ring (bicyclic) bond motifs is 18. The van der Waals surface area contributed by atoms with Crippen LogP contribution in [0.5, 0.6) is 0 Å². The van der Waals surface area contributed by atoms with Gasteiger partial charge in [-0.2, -0.15) is 9.13 Å². The van der Waals surface area contributed by atoms with Crippen LogP contribution in [0.4, 0.5) is 0 Å². The molecule has 0 bridgehead atoms. The van der Waals surface area contributed by atoms with Gasteiger partial charge in [-0.3, -0.25) is 0 Å². The molecule has 4 aromatic heterocycles. The molecule has 2 aliphatic rings. The van der Waals surface area contributed by atoms with Crippen molar-refractivity contribution in [3.05, 3.63) is 155 Å². The zero-order valence-corrected chi connectivity index (χ0v) is 29.1. The molecule has 2 aliphatic heterocycles. The summed E-state index contributed by atoms with van der Waals surface area (Å²) in [4.78, 5) is 0. The first kappa shape index (κ1) is 27.8. The average molecular weight is 665 g/mol. The van der Waals surface area contributed by atoms with Crippen molar-refractivity contribution < 1.29 is 9.13 Å². The number of aromatic nitrogens is 2. The summed E-state index contributed by atoms with van der Waals surface area (Å²) >= 11 is 3.85. The van der Waals surface area contributed by atoms with Crippen molar-refractivity contribution in [1.29, 1.82) is 0 Å². The number of nitrogens with zero attached hydrogens (tertiary/aromatic N) is 2. The lowest BCUT2D eigenvalue weighted by Gasteiger charge is -2.32. The molecule has 0 spiro atoms. The van der Waals surface area contributed by atoms with E-state index in [4.69, 9.17) is 0 Å². The Morgan fingerprint density at radius 1 is 0.510 bits per heavy atom. The highest BCUT2D eigenvalue weighted by Crippen LogP contribution is 2.50. The number of hydrogen-bond donors (Lipinski definition) is 0. The van der Waals surface area contributed by atoms with Crippen LogP contribution in [0.1, 0.15) is 39.9 Å². The fraction of sp³-hybridized carbons (Fsp3) is 0.111. The molecule has 2 nitrogen and oxygen atoms in total. The number of hydrogen-bond acceptors (Lipinski definition) is 2. The van der Waals surface area contributed by atoms with Gasteiger partial charge >= 0.3 is 0 Å². The molecule has 49 heavy (non-hydrogen) atoms. The quantitative estimate of drug-likeness (QED) is 0.154. The first-order valence-corrected chi connectivity index (χ1v) is 18.7. The summed E-state index contributed by atoms with van der Waals surface area (Å²) in [6, 6.07) is 44.0. The Morgan fingerprint density at radius 2 is 1.20 bits per heavy atom. The number of pyridine rings is 2. The first-order valence-electron chi connectivity index (χ1n) is 17.1. The minimum atomic E-state index is 0.139. The fourth-order valence-corrected chi connectivity index (χ4v) is 11.3. The monoisotopic (exact) mass is 664 g/mol.